The van der Waals surface area contributed by atoms with Crippen LogP contribution in [0.25, 0.3) is 11.0 Å². The van der Waals surface area contributed by atoms with Gasteiger partial charge in [0.15, 0.2) is 5.65 Å². The molecular weight excluding hydrogens is 447 g/mol. The van der Waals surface area contributed by atoms with E-state index in [2.05, 4.69) is 40.1 Å². The Kier molecular flexibility index (Phi) is 6.28. The van der Waals surface area contributed by atoms with Gasteiger partial charge >= 0.3 is 0 Å². The highest BCUT2D eigenvalue weighted by molar-refractivity contribution is 7.94. The SMILES string of the molecule is COOSc1ccc(Nc2ncnc3c2cnn3C2CCN(c3ncccn3)CC2)c(F)c1. The maximum atomic E-state index is 14.6. The summed E-state index contributed by atoms with van der Waals surface area (Å²) in [5.74, 6) is 0.804. The number of anilines is 3. The van der Waals surface area contributed by atoms with Gasteiger partial charge in [0.1, 0.15) is 18.0 Å². The van der Waals surface area contributed by atoms with Crippen molar-refractivity contribution < 1.29 is 13.6 Å². The quantitative estimate of drug-likeness (QED) is 0.244. The predicted molar refractivity (Wildman–Crippen MR) is 121 cm³/mol. The first-order valence-electron chi connectivity index (χ1n) is 10.4. The monoisotopic (exact) mass is 468 g/mol. The van der Waals surface area contributed by atoms with Crippen LogP contribution in [0, 0.1) is 5.82 Å². The fraction of sp³-hybridized carbons (Fsp3) is 0.286. The van der Waals surface area contributed by atoms with Crippen LogP contribution >= 0.6 is 12.0 Å². The van der Waals surface area contributed by atoms with Crippen molar-refractivity contribution in [2.75, 3.05) is 30.4 Å². The van der Waals surface area contributed by atoms with Crippen LogP contribution in [0.3, 0.4) is 0 Å². The molecule has 0 atom stereocenters. The molecule has 3 aromatic heterocycles. The minimum atomic E-state index is -0.436. The molecule has 1 N–H and O–H groups in total. The number of benzene rings is 1. The number of hydrogen-bond donors (Lipinski definition) is 1. The topological polar surface area (TPSA) is 103 Å². The summed E-state index contributed by atoms with van der Waals surface area (Å²) in [5, 5.41) is 8.37. The second kappa shape index (κ2) is 9.65. The van der Waals surface area contributed by atoms with Crippen molar-refractivity contribution in [2.24, 2.45) is 0 Å². The van der Waals surface area contributed by atoms with E-state index in [1.807, 2.05) is 10.7 Å². The van der Waals surface area contributed by atoms with Crippen molar-refractivity contribution in [3.8, 4) is 0 Å². The van der Waals surface area contributed by atoms with Crippen LogP contribution in [-0.2, 0) is 9.22 Å². The lowest BCUT2D eigenvalue weighted by Gasteiger charge is -2.32. The Hall–Kier alpha value is -3.35. The van der Waals surface area contributed by atoms with E-state index in [9.17, 15) is 4.39 Å². The summed E-state index contributed by atoms with van der Waals surface area (Å²) in [6.45, 7) is 1.66. The van der Waals surface area contributed by atoms with E-state index in [-0.39, 0.29) is 6.04 Å². The second-order valence-corrected chi connectivity index (χ2v) is 8.17. The molecule has 0 bridgehead atoms. The van der Waals surface area contributed by atoms with Crippen molar-refractivity contribution in [1.82, 2.24) is 29.7 Å². The summed E-state index contributed by atoms with van der Waals surface area (Å²) in [4.78, 5) is 24.7. The van der Waals surface area contributed by atoms with Crippen molar-refractivity contribution in [2.45, 2.75) is 23.8 Å². The first kappa shape index (κ1) is 21.5. The lowest BCUT2D eigenvalue weighted by Crippen LogP contribution is -2.36. The molecule has 1 aromatic carbocycles. The van der Waals surface area contributed by atoms with Gasteiger partial charge in [-0.05, 0) is 37.1 Å². The Balaban J connectivity index is 1.33. The standard InChI is InChI=1S/C21H21FN8O2S/c1-31-32-33-15-3-4-18(17(22)11-15)28-19-16-12-27-30(20(16)26-13-25-19)14-5-9-29(10-6-14)21-23-7-2-8-24-21/h2-4,7-8,11-14H,5-6,9-10H2,1H3,(H,25,26,28). The third-order valence-corrected chi connectivity index (χ3v) is 6.08. The van der Waals surface area contributed by atoms with Crippen LogP contribution in [-0.4, -0.2) is 49.9 Å². The summed E-state index contributed by atoms with van der Waals surface area (Å²) in [6.07, 6.45) is 8.47. The number of aromatic nitrogens is 6. The van der Waals surface area contributed by atoms with Crippen molar-refractivity contribution in [1.29, 1.82) is 0 Å². The van der Waals surface area contributed by atoms with E-state index < -0.39 is 5.82 Å². The minimum absolute atomic E-state index is 0.194. The Bertz CT molecular complexity index is 1230. The van der Waals surface area contributed by atoms with Gasteiger partial charge in [-0.1, -0.05) is 0 Å². The lowest BCUT2D eigenvalue weighted by molar-refractivity contribution is -0.160. The number of nitrogens with zero attached hydrogens (tertiary/aromatic N) is 7. The summed E-state index contributed by atoms with van der Waals surface area (Å²) >= 11 is 0.930. The number of fused-ring (bicyclic) bond motifs is 1. The van der Waals surface area contributed by atoms with Crippen LogP contribution in [0.4, 0.5) is 21.8 Å². The minimum Gasteiger partial charge on any atom is -0.341 e. The molecule has 0 amide bonds. The highest BCUT2D eigenvalue weighted by Crippen LogP contribution is 2.31. The van der Waals surface area contributed by atoms with Gasteiger partial charge < -0.3 is 10.2 Å². The first-order valence-corrected chi connectivity index (χ1v) is 11.1. The van der Waals surface area contributed by atoms with Crippen LogP contribution in [0.5, 0.6) is 0 Å². The number of nitrogens with one attached hydrogen (secondary N) is 1. The van der Waals surface area contributed by atoms with Gasteiger partial charge in [-0.2, -0.15) is 9.43 Å². The Morgan fingerprint density at radius 2 is 1.94 bits per heavy atom. The molecule has 5 rings (SSSR count). The average Bonchev–Trinajstić information content (AvgIpc) is 3.30. The number of halogens is 1. The van der Waals surface area contributed by atoms with E-state index >= 15 is 0 Å². The molecule has 4 heterocycles. The number of rotatable bonds is 7. The maximum absolute atomic E-state index is 14.6. The molecular formula is C21H21FN8O2S. The zero-order valence-electron chi connectivity index (χ0n) is 17.8. The lowest BCUT2D eigenvalue weighted by atomic mass is 10.1. The molecule has 0 spiro atoms. The zero-order valence-corrected chi connectivity index (χ0v) is 18.6. The third kappa shape index (κ3) is 4.58. The summed E-state index contributed by atoms with van der Waals surface area (Å²) in [6, 6.07) is 6.71. The van der Waals surface area contributed by atoms with E-state index in [0.29, 0.717) is 22.0 Å². The molecule has 0 aliphatic carbocycles. The van der Waals surface area contributed by atoms with Crippen molar-refractivity contribution >= 4 is 40.5 Å². The summed E-state index contributed by atoms with van der Waals surface area (Å²) in [7, 11) is 1.39. The van der Waals surface area contributed by atoms with Gasteiger partial charge in [-0.3, -0.25) is 0 Å². The smallest absolute Gasteiger partial charge is 0.225 e. The molecule has 33 heavy (non-hydrogen) atoms. The van der Waals surface area contributed by atoms with Gasteiger partial charge in [0, 0.05) is 30.4 Å². The molecule has 0 saturated carbocycles. The van der Waals surface area contributed by atoms with E-state index in [1.165, 1.54) is 19.5 Å². The van der Waals surface area contributed by atoms with Crippen molar-refractivity contribution in [3.05, 3.63) is 55.0 Å². The Morgan fingerprint density at radius 1 is 1.12 bits per heavy atom. The molecule has 0 unspecified atom stereocenters. The molecule has 170 valence electrons. The average molecular weight is 469 g/mol. The largest absolute Gasteiger partial charge is 0.341 e. The number of piperidine rings is 1. The first-order chi connectivity index (χ1) is 16.2. The van der Waals surface area contributed by atoms with Gasteiger partial charge in [0.25, 0.3) is 0 Å². The zero-order chi connectivity index (χ0) is 22.6. The van der Waals surface area contributed by atoms with Gasteiger partial charge in [0.05, 0.1) is 42.5 Å². The summed E-state index contributed by atoms with van der Waals surface area (Å²) in [5.41, 5.74) is 1.00. The van der Waals surface area contributed by atoms with Gasteiger partial charge in [-0.25, -0.2) is 33.9 Å². The maximum Gasteiger partial charge on any atom is 0.225 e. The van der Waals surface area contributed by atoms with E-state index in [1.54, 1.807) is 30.7 Å². The van der Waals surface area contributed by atoms with Gasteiger partial charge in [-0.15, -0.1) is 0 Å². The highest BCUT2D eigenvalue weighted by Gasteiger charge is 2.25. The fourth-order valence-corrected chi connectivity index (χ4v) is 4.27. The Labute approximate surface area is 193 Å². The van der Waals surface area contributed by atoms with E-state index in [0.717, 1.165) is 49.3 Å². The van der Waals surface area contributed by atoms with Crippen LogP contribution < -0.4 is 10.2 Å². The van der Waals surface area contributed by atoms with Crippen LogP contribution in [0.15, 0.2) is 54.1 Å². The van der Waals surface area contributed by atoms with Gasteiger partial charge in [0.2, 0.25) is 5.95 Å². The normalized spacial score (nSPS) is 14.7. The van der Waals surface area contributed by atoms with Crippen LogP contribution in [0.2, 0.25) is 0 Å². The predicted octanol–water partition coefficient (Wildman–Crippen LogP) is 3.93. The van der Waals surface area contributed by atoms with Crippen molar-refractivity contribution in [3.63, 3.8) is 0 Å². The van der Waals surface area contributed by atoms with E-state index in [4.69, 9.17) is 4.33 Å². The molecule has 10 nitrogen and oxygen atoms in total. The molecule has 0 radical (unpaired) electrons. The molecule has 1 fully saturated rings. The second-order valence-electron chi connectivity index (χ2n) is 7.40. The third-order valence-electron chi connectivity index (χ3n) is 5.43. The Morgan fingerprint density at radius 3 is 2.70 bits per heavy atom. The van der Waals surface area contributed by atoms with Crippen LogP contribution in [0.1, 0.15) is 18.9 Å². The number of hydrogen-bond acceptors (Lipinski definition) is 10. The fourth-order valence-electron chi connectivity index (χ4n) is 3.84. The summed E-state index contributed by atoms with van der Waals surface area (Å²) < 4.78 is 21.3. The molecule has 1 saturated heterocycles. The molecule has 1 aliphatic heterocycles. The molecule has 4 aromatic rings. The molecule has 12 heteroatoms. The highest BCUT2D eigenvalue weighted by atomic mass is 32.2. The molecule has 1 aliphatic rings.